The predicted molar refractivity (Wildman–Crippen MR) is 73.5 cm³/mol. The van der Waals surface area contributed by atoms with Crippen molar-refractivity contribution in [1.29, 1.82) is 0 Å². The number of thioether (sulfide) groups is 1. The molecule has 0 aliphatic carbocycles. The van der Waals surface area contributed by atoms with Crippen molar-refractivity contribution in [2.75, 3.05) is 5.75 Å². The highest BCUT2D eigenvalue weighted by atomic mass is 35.5. The average Bonchev–Trinajstić information content (AvgIpc) is 2.41. The Bertz CT molecular complexity index is 560. The zero-order valence-electron chi connectivity index (χ0n) is 9.82. The topological polar surface area (TPSA) is 20.2 Å². The molecule has 0 radical (unpaired) electrons. The maximum atomic E-state index is 13.0. The fourth-order valence-electron chi connectivity index (χ4n) is 1.52. The van der Waals surface area contributed by atoms with Gasteiger partial charge in [-0.15, -0.1) is 11.8 Å². The quantitative estimate of drug-likeness (QED) is 0.842. The molecule has 1 atom stereocenters. The van der Waals surface area contributed by atoms with Crippen LogP contribution in [-0.2, 0) is 0 Å². The first-order chi connectivity index (χ1) is 9.06. The van der Waals surface area contributed by atoms with Crippen LogP contribution in [0, 0.1) is 11.6 Å². The molecule has 0 saturated heterocycles. The first-order valence-corrected chi connectivity index (χ1v) is 6.94. The minimum absolute atomic E-state index is 0.354. The van der Waals surface area contributed by atoms with E-state index in [-0.39, 0.29) is 0 Å². The van der Waals surface area contributed by atoms with E-state index in [1.165, 1.54) is 17.8 Å². The molecule has 1 N–H and O–H groups in total. The molecule has 0 spiro atoms. The minimum Gasteiger partial charge on any atom is -0.388 e. The van der Waals surface area contributed by atoms with Gasteiger partial charge in [-0.3, -0.25) is 0 Å². The third kappa shape index (κ3) is 3.93. The molecule has 100 valence electrons. The zero-order valence-corrected chi connectivity index (χ0v) is 11.4. The van der Waals surface area contributed by atoms with Crippen LogP contribution in [0.3, 0.4) is 0 Å². The molecule has 0 aromatic heterocycles. The van der Waals surface area contributed by atoms with Crippen molar-refractivity contribution in [3.05, 3.63) is 64.7 Å². The van der Waals surface area contributed by atoms with E-state index in [4.69, 9.17) is 11.6 Å². The number of aliphatic hydroxyl groups is 1. The Balaban J connectivity index is 1.98. The molecule has 19 heavy (non-hydrogen) atoms. The molecule has 1 unspecified atom stereocenters. The van der Waals surface area contributed by atoms with Gasteiger partial charge in [0.2, 0.25) is 0 Å². The van der Waals surface area contributed by atoms with Crippen LogP contribution in [0.5, 0.6) is 0 Å². The van der Waals surface area contributed by atoms with Gasteiger partial charge in [0.1, 0.15) is 0 Å². The van der Waals surface area contributed by atoms with Gasteiger partial charge >= 0.3 is 0 Å². The largest absolute Gasteiger partial charge is 0.388 e. The van der Waals surface area contributed by atoms with Crippen LogP contribution < -0.4 is 0 Å². The molecule has 0 heterocycles. The molecule has 0 amide bonds. The predicted octanol–water partition coefficient (Wildman–Crippen LogP) is 4.44. The molecule has 2 aromatic carbocycles. The molecule has 0 aliphatic rings. The molecule has 2 rings (SSSR count). The highest BCUT2D eigenvalue weighted by Gasteiger charge is 2.11. The summed E-state index contributed by atoms with van der Waals surface area (Å²) in [4.78, 5) is 0.950. The maximum Gasteiger partial charge on any atom is 0.159 e. The summed E-state index contributed by atoms with van der Waals surface area (Å²) in [6.45, 7) is 0. The first-order valence-electron chi connectivity index (χ1n) is 5.57. The Morgan fingerprint density at radius 3 is 2.37 bits per heavy atom. The van der Waals surface area contributed by atoms with E-state index in [9.17, 15) is 13.9 Å². The van der Waals surface area contributed by atoms with E-state index < -0.39 is 17.7 Å². The second-order valence-corrected chi connectivity index (χ2v) is 5.48. The van der Waals surface area contributed by atoms with Crippen LogP contribution in [0.4, 0.5) is 8.78 Å². The highest BCUT2D eigenvalue weighted by molar-refractivity contribution is 7.99. The van der Waals surface area contributed by atoms with Gasteiger partial charge in [-0.1, -0.05) is 17.7 Å². The fourth-order valence-corrected chi connectivity index (χ4v) is 2.52. The van der Waals surface area contributed by atoms with Gasteiger partial charge in [0.25, 0.3) is 0 Å². The van der Waals surface area contributed by atoms with Gasteiger partial charge < -0.3 is 5.11 Å². The summed E-state index contributed by atoms with van der Waals surface area (Å²) in [7, 11) is 0. The summed E-state index contributed by atoms with van der Waals surface area (Å²) < 4.78 is 25.8. The fraction of sp³-hybridized carbons (Fsp3) is 0.143. The normalized spacial score (nSPS) is 12.4. The average molecular weight is 301 g/mol. The number of aliphatic hydroxyl groups excluding tert-OH is 1. The van der Waals surface area contributed by atoms with Gasteiger partial charge in [0.15, 0.2) is 11.6 Å². The Morgan fingerprint density at radius 1 is 1.05 bits per heavy atom. The molecule has 5 heteroatoms. The number of hydrogen-bond acceptors (Lipinski definition) is 2. The SMILES string of the molecule is OC(CSc1ccc(Cl)cc1)c1ccc(F)c(F)c1. The van der Waals surface area contributed by atoms with E-state index in [0.717, 1.165) is 17.0 Å². The Kier molecular flexibility index (Phi) is 4.80. The lowest BCUT2D eigenvalue weighted by atomic mass is 10.1. The Labute approximate surface area is 119 Å². The van der Waals surface area contributed by atoms with E-state index in [1.807, 2.05) is 12.1 Å². The van der Waals surface area contributed by atoms with Crippen molar-refractivity contribution in [3.63, 3.8) is 0 Å². The summed E-state index contributed by atoms with van der Waals surface area (Å²) in [5.41, 5.74) is 0.361. The highest BCUT2D eigenvalue weighted by Crippen LogP contribution is 2.26. The number of benzene rings is 2. The van der Waals surface area contributed by atoms with Crippen LogP contribution in [0.2, 0.25) is 5.02 Å². The van der Waals surface area contributed by atoms with Crippen molar-refractivity contribution >= 4 is 23.4 Å². The van der Waals surface area contributed by atoms with E-state index in [1.54, 1.807) is 12.1 Å². The maximum absolute atomic E-state index is 13.0. The van der Waals surface area contributed by atoms with E-state index >= 15 is 0 Å². The van der Waals surface area contributed by atoms with Crippen molar-refractivity contribution in [2.45, 2.75) is 11.0 Å². The lowest BCUT2D eigenvalue weighted by molar-refractivity contribution is 0.203. The van der Waals surface area contributed by atoms with Crippen molar-refractivity contribution in [3.8, 4) is 0 Å². The van der Waals surface area contributed by atoms with Gasteiger partial charge in [0, 0.05) is 15.7 Å². The smallest absolute Gasteiger partial charge is 0.159 e. The molecular weight excluding hydrogens is 290 g/mol. The molecule has 0 bridgehead atoms. The molecule has 1 nitrogen and oxygen atoms in total. The standard InChI is InChI=1S/C14H11ClF2OS/c15-10-2-4-11(5-3-10)19-8-14(18)9-1-6-12(16)13(17)7-9/h1-7,14,18H,8H2. The monoisotopic (exact) mass is 300 g/mol. The van der Waals surface area contributed by atoms with Crippen molar-refractivity contribution < 1.29 is 13.9 Å². The van der Waals surface area contributed by atoms with Crippen LogP contribution in [-0.4, -0.2) is 10.9 Å². The zero-order chi connectivity index (χ0) is 13.8. The van der Waals surface area contributed by atoms with Crippen LogP contribution in [0.15, 0.2) is 47.4 Å². The summed E-state index contributed by atoms with van der Waals surface area (Å²) >= 11 is 7.18. The Morgan fingerprint density at radius 2 is 1.74 bits per heavy atom. The van der Waals surface area contributed by atoms with E-state index in [2.05, 4.69) is 0 Å². The molecule has 2 aromatic rings. The van der Waals surface area contributed by atoms with Gasteiger partial charge in [0.05, 0.1) is 6.10 Å². The lowest BCUT2D eigenvalue weighted by Crippen LogP contribution is -2.01. The molecule has 0 fully saturated rings. The molecule has 0 aliphatic heterocycles. The van der Waals surface area contributed by atoms with Gasteiger partial charge in [-0.2, -0.15) is 0 Å². The van der Waals surface area contributed by atoms with Crippen LogP contribution in [0.25, 0.3) is 0 Å². The minimum atomic E-state index is -0.951. The van der Waals surface area contributed by atoms with E-state index in [0.29, 0.717) is 16.3 Å². The summed E-state index contributed by atoms with van der Waals surface area (Å²) in [5.74, 6) is -1.51. The van der Waals surface area contributed by atoms with Gasteiger partial charge in [-0.05, 0) is 42.0 Å². The third-order valence-corrected chi connectivity index (χ3v) is 3.89. The summed E-state index contributed by atoms with van der Waals surface area (Å²) in [5, 5.41) is 10.6. The number of halogens is 3. The van der Waals surface area contributed by atoms with Crippen LogP contribution >= 0.6 is 23.4 Å². The van der Waals surface area contributed by atoms with Gasteiger partial charge in [-0.25, -0.2) is 8.78 Å². The van der Waals surface area contributed by atoms with Crippen molar-refractivity contribution in [1.82, 2.24) is 0 Å². The van der Waals surface area contributed by atoms with Crippen LogP contribution in [0.1, 0.15) is 11.7 Å². The first kappa shape index (κ1) is 14.3. The molecule has 0 saturated carbocycles. The van der Waals surface area contributed by atoms with Crippen molar-refractivity contribution in [2.24, 2.45) is 0 Å². The Hall–Kier alpha value is -1.10. The molecular formula is C14H11ClF2OS. The second-order valence-electron chi connectivity index (χ2n) is 3.95. The summed E-state index contributed by atoms with van der Waals surface area (Å²) in [6, 6.07) is 10.6. The summed E-state index contributed by atoms with van der Waals surface area (Å²) in [6.07, 6.45) is -0.851. The third-order valence-electron chi connectivity index (χ3n) is 2.55. The second kappa shape index (κ2) is 6.37. The lowest BCUT2D eigenvalue weighted by Gasteiger charge is -2.11. The number of hydrogen-bond donors (Lipinski definition) is 1. The number of rotatable bonds is 4.